The fourth-order valence-electron chi connectivity index (χ4n) is 4.07. The van der Waals surface area contributed by atoms with Gasteiger partial charge in [0.05, 0.1) is 26.0 Å². The number of carbonyl (C=O) groups is 1. The molecule has 2 heterocycles. The van der Waals surface area contributed by atoms with Crippen molar-refractivity contribution in [2.45, 2.75) is 51.0 Å². The zero-order valence-corrected chi connectivity index (χ0v) is 16.9. The van der Waals surface area contributed by atoms with Crippen LogP contribution in [-0.4, -0.2) is 36.1 Å². The van der Waals surface area contributed by atoms with Crippen LogP contribution in [0.5, 0.6) is 11.6 Å². The first kappa shape index (κ1) is 20.1. The van der Waals surface area contributed by atoms with Gasteiger partial charge in [-0.1, -0.05) is 6.92 Å². The number of carbonyl (C=O) groups excluding carboxylic acids is 1. The van der Waals surface area contributed by atoms with Crippen LogP contribution in [0.4, 0.5) is 0 Å². The first-order valence-corrected chi connectivity index (χ1v) is 9.94. The van der Waals surface area contributed by atoms with E-state index in [1.165, 1.54) is 5.56 Å². The molecule has 1 atom stereocenters. The summed E-state index contributed by atoms with van der Waals surface area (Å²) in [5.74, 6) is 2.26. The molecular formula is C22H29N3O3. The second kappa shape index (κ2) is 9.53. The summed E-state index contributed by atoms with van der Waals surface area (Å²) in [5, 5.41) is 3.21. The minimum atomic E-state index is -0.0684. The molecule has 6 heteroatoms. The first-order chi connectivity index (χ1) is 13.6. The number of methoxy groups -OCH3 is 2. The third-order valence-electron chi connectivity index (χ3n) is 5.75. The topological polar surface area (TPSA) is 73.3 Å². The molecular weight excluding hydrogens is 354 g/mol. The van der Waals surface area contributed by atoms with Gasteiger partial charge in [-0.15, -0.1) is 0 Å². The number of amides is 1. The molecule has 2 aromatic rings. The number of rotatable bonds is 7. The Morgan fingerprint density at radius 2 is 1.93 bits per heavy atom. The number of hydrogen-bond donors (Lipinski definition) is 1. The molecule has 0 aromatic carbocycles. The smallest absolute Gasteiger partial charge is 0.253 e. The summed E-state index contributed by atoms with van der Waals surface area (Å²) >= 11 is 0. The lowest BCUT2D eigenvalue weighted by Crippen LogP contribution is -2.41. The monoisotopic (exact) mass is 383 g/mol. The van der Waals surface area contributed by atoms with E-state index in [2.05, 4.69) is 28.3 Å². The van der Waals surface area contributed by atoms with Gasteiger partial charge >= 0.3 is 0 Å². The highest BCUT2D eigenvalue weighted by Crippen LogP contribution is 2.38. The molecule has 3 rings (SSSR count). The molecule has 1 amide bonds. The van der Waals surface area contributed by atoms with Gasteiger partial charge in [0.2, 0.25) is 5.88 Å². The van der Waals surface area contributed by atoms with Gasteiger partial charge in [-0.05, 0) is 61.6 Å². The fourth-order valence-corrected chi connectivity index (χ4v) is 4.07. The van der Waals surface area contributed by atoms with Crippen LogP contribution < -0.4 is 14.8 Å². The number of hydrogen-bond acceptors (Lipinski definition) is 5. The molecule has 0 radical (unpaired) electrons. The van der Waals surface area contributed by atoms with E-state index in [0.29, 0.717) is 23.3 Å². The van der Waals surface area contributed by atoms with Crippen molar-refractivity contribution in [3.8, 4) is 11.6 Å². The van der Waals surface area contributed by atoms with Crippen molar-refractivity contribution in [1.82, 2.24) is 15.3 Å². The van der Waals surface area contributed by atoms with E-state index in [9.17, 15) is 4.79 Å². The van der Waals surface area contributed by atoms with Crippen LogP contribution in [0.2, 0.25) is 0 Å². The number of pyridine rings is 2. The number of nitrogens with zero attached hydrogens (tertiary/aromatic N) is 2. The summed E-state index contributed by atoms with van der Waals surface area (Å²) in [6.07, 6.45) is 10.6. The highest BCUT2D eigenvalue weighted by Gasteiger charge is 2.29. The van der Waals surface area contributed by atoms with Crippen LogP contribution >= 0.6 is 0 Å². The normalized spacial score (nSPS) is 20.2. The summed E-state index contributed by atoms with van der Waals surface area (Å²) in [5.41, 5.74) is 1.81. The molecule has 6 nitrogen and oxygen atoms in total. The molecule has 0 saturated heterocycles. The van der Waals surface area contributed by atoms with Crippen molar-refractivity contribution in [2.75, 3.05) is 14.2 Å². The zero-order chi connectivity index (χ0) is 19.9. The minimum absolute atomic E-state index is 0.0684. The quantitative estimate of drug-likeness (QED) is 0.783. The maximum atomic E-state index is 12.6. The van der Waals surface area contributed by atoms with Crippen LogP contribution in [-0.2, 0) is 0 Å². The van der Waals surface area contributed by atoms with E-state index < -0.39 is 0 Å². The van der Waals surface area contributed by atoms with Gasteiger partial charge < -0.3 is 14.8 Å². The third-order valence-corrected chi connectivity index (χ3v) is 5.75. The maximum Gasteiger partial charge on any atom is 0.253 e. The van der Waals surface area contributed by atoms with Crippen molar-refractivity contribution in [2.24, 2.45) is 5.92 Å². The van der Waals surface area contributed by atoms with E-state index in [0.717, 1.165) is 37.9 Å². The average Bonchev–Trinajstić information content (AvgIpc) is 2.77. The van der Waals surface area contributed by atoms with Gasteiger partial charge in [0, 0.05) is 24.5 Å². The molecule has 1 aliphatic rings. The molecule has 0 bridgehead atoms. The zero-order valence-electron chi connectivity index (χ0n) is 16.9. The molecule has 1 fully saturated rings. The minimum Gasteiger partial charge on any atom is -0.495 e. The Kier molecular flexibility index (Phi) is 6.85. The second-order valence-electron chi connectivity index (χ2n) is 7.35. The van der Waals surface area contributed by atoms with Gasteiger partial charge in [-0.2, -0.15) is 0 Å². The largest absolute Gasteiger partial charge is 0.495 e. The predicted molar refractivity (Wildman–Crippen MR) is 108 cm³/mol. The van der Waals surface area contributed by atoms with Gasteiger partial charge in [0.15, 0.2) is 0 Å². The maximum absolute atomic E-state index is 12.6. The Hall–Kier alpha value is -2.63. The second-order valence-corrected chi connectivity index (χ2v) is 7.35. The van der Waals surface area contributed by atoms with Crippen molar-refractivity contribution >= 4 is 5.91 Å². The molecule has 0 aliphatic heterocycles. The molecule has 150 valence electrons. The lowest BCUT2D eigenvalue weighted by Gasteiger charge is -2.34. The predicted octanol–water partition coefficient (Wildman–Crippen LogP) is 3.98. The van der Waals surface area contributed by atoms with Crippen LogP contribution in [0.15, 0.2) is 36.8 Å². The third kappa shape index (κ3) is 4.80. The van der Waals surface area contributed by atoms with Crippen molar-refractivity contribution in [3.63, 3.8) is 0 Å². The van der Waals surface area contributed by atoms with E-state index in [-0.39, 0.29) is 11.9 Å². The van der Waals surface area contributed by atoms with Gasteiger partial charge in [0.1, 0.15) is 5.75 Å². The lowest BCUT2D eigenvalue weighted by atomic mass is 9.75. The Labute approximate surface area is 166 Å². The van der Waals surface area contributed by atoms with Crippen LogP contribution in [0.3, 0.4) is 0 Å². The first-order valence-electron chi connectivity index (χ1n) is 9.94. The SMILES string of the molecule is CC[C@@H](NC(=O)c1ccc(OC)nc1)[C@H]1CC[C@H](c2cncc(OC)c2)CC1. The van der Waals surface area contributed by atoms with E-state index in [4.69, 9.17) is 9.47 Å². The molecule has 1 saturated carbocycles. The average molecular weight is 383 g/mol. The molecule has 1 aliphatic carbocycles. The molecule has 2 aromatic heterocycles. The van der Waals surface area contributed by atoms with Gasteiger partial charge in [0.25, 0.3) is 5.91 Å². The van der Waals surface area contributed by atoms with Crippen molar-refractivity contribution in [3.05, 3.63) is 47.9 Å². The number of nitrogens with one attached hydrogen (secondary N) is 1. The fraction of sp³-hybridized carbons (Fsp3) is 0.500. The van der Waals surface area contributed by atoms with E-state index in [1.54, 1.807) is 38.7 Å². The number of ether oxygens (including phenoxy) is 2. The van der Waals surface area contributed by atoms with Crippen LogP contribution in [0.1, 0.15) is 60.9 Å². The Morgan fingerprint density at radius 3 is 2.54 bits per heavy atom. The summed E-state index contributed by atoms with van der Waals surface area (Å²) in [4.78, 5) is 21.0. The highest BCUT2D eigenvalue weighted by atomic mass is 16.5. The van der Waals surface area contributed by atoms with Crippen molar-refractivity contribution in [1.29, 1.82) is 0 Å². The molecule has 28 heavy (non-hydrogen) atoms. The van der Waals surface area contributed by atoms with Crippen LogP contribution in [0.25, 0.3) is 0 Å². The summed E-state index contributed by atoms with van der Waals surface area (Å²) in [6, 6.07) is 5.73. The summed E-state index contributed by atoms with van der Waals surface area (Å²) < 4.78 is 10.4. The molecule has 0 unspecified atom stereocenters. The van der Waals surface area contributed by atoms with Gasteiger partial charge in [-0.3, -0.25) is 9.78 Å². The molecule has 0 spiro atoms. The lowest BCUT2D eigenvalue weighted by molar-refractivity contribution is 0.0909. The standard InChI is InChI=1S/C22H29N3O3/c1-4-20(25-22(26)17-9-10-21(28-3)24-13-17)16-7-5-15(6-8-16)18-11-19(27-2)14-23-12-18/h9-16,20H,4-8H2,1-3H3,(H,25,26)/t15-,16-,20-/m1/s1. The summed E-state index contributed by atoms with van der Waals surface area (Å²) in [6.45, 7) is 2.13. The number of aromatic nitrogens is 2. The van der Waals surface area contributed by atoms with E-state index in [1.807, 2.05) is 6.20 Å². The Bertz CT molecular complexity index is 771. The summed E-state index contributed by atoms with van der Waals surface area (Å²) in [7, 11) is 3.23. The van der Waals surface area contributed by atoms with Crippen molar-refractivity contribution < 1.29 is 14.3 Å². The highest BCUT2D eigenvalue weighted by molar-refractivity contribution is 5.94. The van der Waals surface area contributed by atoms with Gasteiger partial charge in [-0.25, -0.2) is 4.98 Å². The van der Waals surface area contributed by atoms with Crippen LogP contribution in [0, 0.1) is 5.92 Å². The van der Waals surface area contributed by atoms with E-state index >= 15 is 0 Å². The Morgan fingerprint density at radius 1 is 1.14 bits per heavy atom. The molecule has 1 N–H and O–H groups in total. The Balaban J connectivity index is 1.57.